The zero-order valence-corrected chi connectivity index (χ0v) is 15.3. The second-order valence-electron chi connectivity index (χ2n) is 6.59. The molecule has 0 saturated heterocycles. The average Bonchev–Trinajstić information content (AvgIpc) is 2.69. The number of pyridine rings is 1. The van der Waals surface area contributed by atoms with Gasteiger partial charge in [0.05, 0.1) is 16.3 Å². The van der Waals surface area contributed by atoms with E-state index in [-0.39, 0.29) is 6.54 Å². The molecule has 0 saturated carbocycles. The van der Waals surface area contributed by atoms with Gasteiger partial charge in [-0.15, -0.1) is 0 Å². The van der Waals surface area contributed by atoms with Crippen molar-refractivity contribution in [3.63, 3.8) is 0 Å². The summed E-state index contributed by atoms with van der Waals surface area (Å²) in [7, 11) is 0. The molecule has 0 fully saturated rings. The number of aryl methyl sites for hydroxylation is 1. The van der Waals surface area contributed by atoms with Gasteiger partial charge in [-0.05, 0) is 31.2 Å². The van der Waals surface area contributed by atoms with Gasteiger partial charge in [-0.25, -0.2) is 9.59 Å². The van der Waals surface area contributed by atoms with Gasteiger partial charge in [0.15, 0.2) is 0 Å². The Hall–Kier alpha value is -3.73. The molecular formula is C23H18NO4+. The molecule has 28 heavy (non-hydrogen) atoms. The fourth-order valence-electron chi connectivity index (χ4n) is 3.41. The van der Waals surface area contributed by atoms with Gasteiger partial charge in [0.25, 0.3) is 0 Å². The number of aromatic nitrogens is 1. The Morgan fingerprint density at radius 3 is 1.93 bits per heavy atom. The summed E-state index contributed by atoms with van der Waals surface area (Å²) in [5.74, 6) is -0.958. The van der Waals surface area contributed by atoms with Crippen molar-refractivity contribution >= 4 is 33.7 Å². The van der Waals surface area contributed by atoms with Crippen LogP contribution in [0, 0.1) is 6.92 Å². The highest BCUT2D eigenvalue weighted by Crippen LogP contribution is 2.26. The topological polar surface area (TPSA) is 67.5 Å². The van der Waals surface area contributed by atoms with Crippen molar-refractivity contribution < 1.29 is 24.0 Å². The number of rotatable bonds is 4. The number of fused-ring (bicyclic) bond motifs is 2. The summed E-state index contributed by atoms with van der Waals surface area (Å²) in [4.78, 5) is 24.5. The standard InChI is InChI=1S/C23H17NO4/c1-15-10-12-16(13-11-15)28-23(27)22-17-6-2-4-8-19(17)24(14-21(25)26)20-9-5-3-7-18(20)22/h2-13H,14H2,1H3/p+1. The van der Waals surface area contributed by atoms with Crippen LogP contribution in [0.2, 0.25) is 0 Å². The molecule has 5 heteroatoms. The van der Waals surface area contributed by atoms with E-state index in [9.17, 15) is 14.7 Å². The molecule has 0 unspecified atom stereocenters. The first kappa shape index (κ1) is 17.7. The van der Waals surface area contributed by atoms with E-state index in [0.29, 0.717) is 33.1 Å². The largest absolute Gasteiger partial charge is 0.477 e. The van der Waals surface area contributed by atoms with Gasteiger partial charge in [0, 0.05) is 12.1 Å². The number of nitrogens with zero attached hydrogens (tertiary/aromatic N) is 1. The molecule has 0 aliphatic carbocycles. The smallest absolute Gasteiger partial charge is 0.370 e. The van der Waals surface area contributed by atoms with Gasteiger partial charge in [-0.1, -0.05) is 42.0 Å². The van der Waals surface area contributed by atoms with E-state index in [1.807, 2.05) is 67.6 Å². The number of carboxylic acid groups (broad SMARTS) is 1. The first-order chi connectivity index (χ1) is 13.5. The maximum atomic E-state index is 13.1. The number of hydrogen-bond donors (Lipinski definition) is 1. The van der Waals surface area contributed by atoms with E-state index < -0.39 is 11.9 Å². The highest BCUT2D eigenvalue weighted by Gasteiger charge is 2.26. The van der Waals surface area contributed by atoms with E-state index in [1.165, 1.54) is 0 Å². The molecule has 138 valence electrons. The van der Waals surface area contributed by atoms with E-state index >= 15 is 0 Å². The normalized spacial score (nSPS) is 10.9. The quantitative estimate of drug-likeness (QED) is 0.255. The molecule has 0 atom stereocenters. The highest BCUT2D eigenvalue weighted by molar-refractivity contribution is 6.13. The van der Waals surface area contributed by atoms with Gasteiger partial charge in [0.2, 0.25) is 17.6 Å². The van der Waals surface area contributed by atoms with Crippen LogP contribution in [0.4, 0.5) is 0 Å². The molecule has 1 aromatic heterocycles. The molecule has 0 amide bonds. The zero-order valence-electron chi connectivity index (χ0n) is 15.3. The number of ether oxygens (including phenoxy) is 1. The fraction of sp³-hybridized carbons (Fsp3) is 0.0870. The lowest BCUT2D eigenvalue weighted by atomic mass is 10.0. The Kier molecular flexibility index (Phi) is 4.49. The van der Waals surface area contributed by atoms with Crippen molar-refractivity contribution in [2.45, 2.75) is 13.5 Å². The molecule has 1 heterocycles. The summed E-state index contributed by atoms with van der Waals surface area (Å²) >= 11 is 0. The number of carboxylic acids is 1. The maximum absolute atomic E-state index is 13.1. The molecule has 0 radical (unpaired) electrons. The van der Waals surface area contributed by atoms with E-state index in [1.54, 1.807) is 16.7 Å². The number of aliphatic carboxylic acids is 1. The summed E-state index contributed by atoms with van der Waals surface area (Å²) in [6.45, 7) is 1.76. The molecule has 1 N–H and O–H groups in total. The molecule has 4 rings (SSSR count). The molecule has 0 spiro atoms. The number of carbonyl (C=O) groups excluding carboxylic acids is 1. The van der Waals surface area contributed by atoms with Crippen LogP contribution in [0.1, 0.15) is 15.9 Å². The van der Waals surface area contributed by atoms with E-state index in [2.05, 4.69) is 0 Å². The number of esters is 1. The van der Waals surface area contributed by atoms with Crippen LogP contribution < -0.4 is 9.30 Å². The third-order valence-corrected chi connectivity index (χ3v) is 4.66. The first-order valence-corrected chi connectivity index (χ1v) is 8.88. The predicted molar refractivity (Wildman–Crippen MR) is 105 cm³/mol. The second kappa shape index (κ2) is 7.12. The minimum Gasteiger partial charge on any atom is -0.477 e. The van der Waals surface area contributed by atoms with Gasteiger partial charge < -0.3 is 9.84 Å². The van der Waals surface area contributed by atoms with Crippen molar-refractivity contribution in [1.29, 1.82) is 0 Å². The second-order valence-corrected chi connectivity index (χ2v) is 6.59. The zero-order chi connectivity index (χ0) is 19.7. The molecule has 0 aliphatic heterocycles. The monoisotopic (exact) mass is 372 g/mol. The average molecular weight is 372 g/mol. The molecule has 4 aromatic rings. The number of para-hydroxylation sites is 2. The molecule has 5 nitrogen and oxygen atoms in total. The Labute approximate surface area is 161 Å². The minimum absolute atomic E-state index is 0.200. The van der Waals surface area contributed by atoms with E-state index in [4.69, 9.17) is 4.74 Å². The van der Waals surface area contributed by atoms with Crippen LogP contribution in [0.5, 0.6) is 5.75 Å². The van der Waals surface area contributed by atoms with Gasteiger partial charge in [-0.2, -0.15) is 4.57 Å². The Morgan fingerprint density at radius 1 is 0.857 bits per heavy atom. The summed E-state index contributed by atoms with van der Waals surface area (Å²) < 4.78 is 7.33. The van der Waals surface area contributed by atoms with Crippen molar-refractivity contribution in [2.24, 2.45) is 0 Å². The van der Waals surface area contributed by atoms with Crippen LogP contribution in [0.3, 0.4) is 0 Å². The summed E-state index contributed by atoms with van der Waals surface area (Å²) in [5, 5.41) is 10.7. The van der Waals surface area contributed by atoms with E-state index in [0.717, 1.165) is 5.56 Å². The number of benzene rings is 3. The Morgan fingerprint density at radius 2 is 1.39 bits per heavy atom. The lowest BCUT2D eigenvalue weighted by Gasteiger charge is -2.11. The van der Waals surface area contributed by atoms with Crippen LogP contribution in [0.15, 0.2) is 72.8 Å². The van der Waals surface area contributed by atoms with Crippen molar-refractivity contribution in [3.8, 4) is 5.75 Å². The third kappa shape index (κ3) is 3.18. The summed E-state index contributed by atoms with van der Waals surface area (Å²) in [6, 6.07) is 21.8. The lowest BCUT2D eigenvalue weighted by molar-refractivity contribution is -0.633. The van der Waals surface area contributed by atoms with Gasteiger partial charge in [-0.3, -0.25) is 0 Å². The number of carbonyl (C=O) groups is 2. The van der Waals surface area contributed by atoms with Crippen molar-refractivity contribution in [3.05, 3.63) is 83.9 Å². The number of hydrogen-bond acceptors (Lipinski definition) is 3. The third-order valence-electron chi connectivity index (χ3n) is 4.66. The van der Waals surface area contributed by atoms with Crippen LogP contribution in [0.25, 0.3) is 21.8 Å². The molecule has 0 aliphatic rings. The lowest BCUT2D eigenvalue weighted by Crippen LogP contribution is -2.40. The highest BCUT2D eigenvalue weighted by atomic mass is 16.5. The summed E-state index contributed by atoms with van der Waals surface area (Å²) in [5.41, 5.74) is 2.83. The van der Waals surface area contributed by atoms with Crippen LogP contribution >= 0.6 is 0 Å². The van der Waals surface area contributed by atoms with Gasteiger partial charge in [0.1, 0.15) is 5.75 Å². The molecular weight excluding hydrogens is 354 g/mol. The fourth-order valence-corrected chi connectivity index (χ4v) is 3.41. The van der Waals surface area contributed by atoms with Crippen LogP contribution in [-0.2, 0) is 11.3 Å². The maximum Gasteiger partial charge on any atom is 0.370 e. The van der Waals surface area contributed by atoms with Gasteiger partial charge >= 0.3 is 11.9 Å². The first-order valence-electron chi connectivity index (χ1n) is 8.88. The molecule has 0 bridgehead atoms. The molecule has 3 aromatic carbocycles. The van der Waals surface area contributed by atoms with Crippen molar-refractivity contribution in [1.82, 2.24) is 0 Å². The van der Waals surface area contributed by atoms with Crippen LogP contribution in [-0.4, -0.2) is 17.0 Å². The Bertz CT molecular complexity index is 1160. The Balaban J connectivity index is 1.95. The van der Waals surface area contributed by atoms with Crippen molar-refractivity contribution in [2.75, 3.05) is 0 Å². The SMILES string of the molecule is Cc1ccc(OC(=O)c2c3ccccc3[n+](CC(=O)O)c3ccccc23)cc1. The minimum atomic E-state index is -0.949. The summed E-state index contributed by atoms with van der Waals surface area (Å²) in [6.07, 6.45) is 0. The predicted octanol–water partition coefficient (Wildman–Crippen LogP) is 3.89.